The second-order valence-corrected chi connectivity index (χ2v) is 5.62. The minimum atomic E-state index is 0.411. The average molecular weight is 343 g/mol. The van der Waals surface area contributed by atoms with E-state index in [9.17, 15) is 0 Å². The first-order valence-corrected chi connectivity index (χ1v) is 8.98. The highest BCUT2D eigenvalue weighted by Gasteiger charge is 2.06. The number of aryl methyl sites for hydroxylation is 2. The largest absolute Gasteiger partial charge is 0.494 e. The second kappa shape index (κ2) is 14.8. The lowest BCUT2D eigenvalue weighted by molar-refractivity contribution is 0.0866. The van der Waals surface area contributed by atoms with Gasteiger partial charge >= 0.3 is 0 Å². The molecule has 1 fully saturated rings. The van der Waals surface area contributed by atoms with Crippen LogP contribution in [0.1, 0.15) is 44.2 Å². The molecule has 0 unspecified atom stereocenters. The molecule has 0 aliphatic carbocycles. The standard InChI is InChI=1S/C11H17NOS.C5H11NO.C2H6/c1-9-4-5-11(8-10(9)2)13-7-3-6-12-14;6-5-1-3-7-4-2-5;1-2/h4-5,8,12,14H,3,6-7H2,1-2H3;5H,1-4,6H2;1-2H3. The van der Waals surface area contributed by atoms with Gasteiger partial charge in [-0.2, -0.15) is 0 Å². The number of nitrogens with one attached hydrogen (secondary N) is 1. The predicted molar refractivity (Wildman–Crippen MR) is 102 cm³/mol. The van der Waals surface area contributed by atoms with E-state index in [1.165, 1.54) is 11.1 Å². The van der Waals surface area contributed by atoms with Crippen LogP contribution in [0.5, 0.6) is 5.75 Å². The zero-order valence-corrected chi connectivity index (χ0v) is 16.0. The molecule has 0 atom stereocenters. The van der Waals surface area contributed by atoms with Gasteiger partial charge in [0.1, 0.15) is 5.75 Å². The molecule has 5 heteroatoms. The van der Waals surface area contributed by atoms with Crippen molar-refractivity contribution in [3.63, 3.8) is 0 Å². The smallest absolute Gasteiger partial charge is 0.119 e. The number of thiol groups is 1. The van der Waals surface area contributed by atoms with Gasteiger partial charge in [-0.3, -0.25) is 4.72 Å². The minimum Gasteiger partial charge on any atom is -0.494 e. The number of ether oxygens (including phenoxy) is 2. The maximum absolute atomic E-state index is 5.57. The monoisotopic (exact) mass is 342 g/mol. The predicted octanol–water partition coefficient (Wildman–Crippen LogP) is 3.66. The van der Waals surface area contributed by atoms with Crippen LogP contribution >= 0.6 is 12.8 Å². The third kappa shape index (κ3) is 11.4. The van der Waals surface area contributed by atoms with Crippen molar-refractivity contribution in [3.05, 3.63) is 29.3 Å². The topological polar surface area (TPSA) is 56.5 Å². The van der Waals surface area contributed by atoms with Crippen LogP contribution in [0, 0.1) is 13.8 Å². The van der Waals surface area contributed by atoms with Gasteiger partial charge in [-0.15, -0.1) is 0 Å². The molecule has 0 spiro atoms. The van der Waals surface area contributed by atoms with Gasteiger partial charge in [0.05, 0.1) is 6.61 Å². The lowest BCUT2D eigenvalue weighted by atomic mass is 10.1. The van der Waals surface area contributed by atoms with Crippen molar-refractivity contribution in [3.8, 4) is 5.75 Å². The van der Waals surface area contributed by atoms with E-state index in [-0.39, 0.29) is 0 Å². The molecule has 1 aromatic rings. The van der Waals surface area contributed by atoms with Crippen molar-refractivity contribution < 1.29 is 9.47 Å². The Morgan fingerprint density at radius 3 is 2.35 bits per heavy atom. The number of benzene rings is 1. The number of nitrogens with two attached hydrogens (primary N) is 1. The molecule has 4 nitrogen and oxygen atoms in total. The van der Waals surface area contributed by atoms with Gasteiger partial charge in [0, 0.05) is 25.8 Å². The lowest BCUT2D eigenvalue weighted by Crippen LogP contribution is -2.28. The summed E-state index contributed by atoms with van der Waals surface area (Å²) in [4.78, 5) is 0. The Balaban J connectivity index is 0.000000449. The molecule has 23 heavy (non-hydrogen) atoms. The van der Waals surface area contributed by atoms with Crippen LogP contribution in [0.4, 0.5) is 0 Å². The van der Waals surface area contributed by atoms with Gasteiger partial charge in [-0.25, -0.2) is 0 Å². The Morgan fingerprint density at radius 1 is 1.22 bits per heavy atom. The van der Waals surface area contributed by atoms with Gasteiger partial charge in [-0.1, -0.05) is 32.7 Å². The Bertz CT molecular complexity index is 397. The first kappa shape index (κ1) is 22.2. The molecule has 0 aromatic heterocycles. The van der Waals surface area contributed by atoms with Crippen molar-refractivity contribution in [2.75, 3.05) is 26.4 Å². The molecule has 1 saturated heterocycles. The van der Waals surface area contributed by atoms with E-state index in [1.54, 1.807) is 0 Å². The Morgan fingerprint density at radius 2 is 1.87 bits per heavy atom. The molecule has 1 aliphatic heterocycles. The van der Waals surface area contributed by atoms with Crippen LogP contribution in [0.3, 0.4) is 0 Å². The van der Waals surface area contributed by atoms with Gasteiger partial charge in [0.25, 0.3) is 0 Å². The van der Waals surface area contributed by atoms with E-state index in [2.05, 4.69) is 43.5 Å². The molecule has 3 N–H and O–H groups in total. The molecule has 1 aromatic carbocycles. The molecule has 1 aliphatic rings. The highest BCUT2D eigenvalue weighted by atomic mass is 32.1. The Hall–Kier alpha value is -0.750. The van der Waals surface area contributed by atoms with Gasteiger partial charge < -0.3 is 15.2 Å². The molecule has 134 valence electrons. The lowest BCUT2D eigenvalue weighted by Gasteiger charge is -2.16. The van der Waals surface area contributed by atoms with Crippen LogP contribution in [0.15, 0.2) is 18.2 Å². The molecular formula is C18H34N2O2S. The maximum atomic E-state index is 5.57. The fourth-order valence-corrected chi connectivity index (χ4v) is 2.02. The molecule has 2 rings (SSSR count). The zero-order chi connectivity index (χ0) is 17.5. The summed E-state index contributed by atoms with van der Waals surface area (Å²) < 4.78 is 13.4. The van der Waals surface area contributed by atoms with Crippen LogP contribution < -0.4 is 15.2 Å². The fourth-order valence-electron chi connectivity index (χ4n) is 1.86. The van der Waals surface area contributed by atoms with E-state index in [0.29, 0.717) is 6.04 Å². The van der Waals surface area contributed by atoms with Gasteiger partial charge in [-0.05, 0) is 56.4 Å². The van der Waals surface area contributed by atoms with Gasteiger partial charge in [0.2, 0.25) is 0 Å². The summed E-state index contributed by atoms with van der Waals surface area (Å²) in [5.74, 6) is 0.951. The van der Waals surface area contributed by atoms with Crippen LogP contribution in [0.25, 0.3) is 0 Å². The van der Waals surface area contributed by atoms with Crippen LogP contribution in [-0.2, 0) is 4.74 Å². The highest BCUT2D eigenvalue weighted by Crippen LogP contribution is 2.16. The SMILES string of the molecule is CC.Cc1ccc(OCCCNS)cc1C.NC1CCOCC1. The first-order chi connectivity index (χ1) is 11.1. The zero-order valence-electron chi connectivity index (χ0n) is 15.1. The van der Waals surface area contributed by atoms with Gasteiger partial charge in [0.15, 0.2) is 0 Å². The number of rotatable bonds is 5. The minimum absolute atomic E-state index is 0.411. The molecule has 0 bridgehead atoms. The fraction of sp³-hybridized carbons (Fsp3) is 0.667. The van der Waals surface area contributed by atoms with E-state index in [4.69, 9.17) is 15.2 Å². The quantitative estimate of drug-likeness (QED) is 0.565. The third-order valence-electron chi connectivity index (χ3n) is 3.45. The summed E-state index contributed by atoms with van der Waals surface area (Å²) in [5, 5.41) is 0. The van der Waals surface area contributed by atoms with Crippen molar-refractivity contribution >= 4 is 12.8 Å². The molecule has 0 saturated carbocycles. The summed E-state index contributed by atoms with van der Waals surface area (Å²) in [5.41, 5.74) is 8.13. The normalized spacial score (nSPS) is 14.2. The number of hydrogen-bond acceptors (Lipinski definition) is 5. The molecule has 0 amide bonds. The Labute approximate surface area is 147 Å². The summed E-state index contributed by atoms with van der Waals surface area (Å²) in [6.07, 6.45) is 3.05. The summed E-state index contributed by atoms with van der Waals surface area (Å²) in [6.45, 7) is 11.5. The molecule has 1 heterocycles. The summed E-state index contributed by atoms with van der Waals surface area (Å²) >= 11 is 3.91. The highest BCUT2D eigenvalue weighted by molar-refractivity contribution is 7.78. The van der Waals surface area contributed by atoms with Crippen molar-refractivity contribution in [1.29, 1.82) is 0 Å². The van der Waals surface area contributed by atoms with E-state index in [0.717, 1.165) is 51.4 Å². The van der Waals surface area contributed by atoms with Crippen molar-refractivity contribution in [2.24, 2.45) is 5.73 Å². The van der Waals surface area contributed by atoms with Crippen LogP contribution in [-0.4, -0.2) is 32.4 Å². The molecule has 0 radical (unpaired) electrons. The summed E-state index contributed by atoms with van der Waals surface area (Å²) in [6, 6.07) is 6.58. The first-order valence-electron chi connectivity index (χ1n) is 8.54. The second-order valence-electron chi connectivity index (χ2n) is 5.31. The number of hydrogen-bond donors (Lipinski definition) is 3. The van der Waals surface area contributed by atoms with E-state index < -0.39 is 0 Å². The Kier molecular flexibility index (Phi) is 14.3. The van der Waals surface area contributed by atoms with Crippen molar-refractivity contribution in [1.82, 2.24) is 4.72 Å². The summed E-state index contributed by atoms with van der Waals surface area (Å²) in [7, 11) is 0. The van der Waals surface area contributed by atoms with E-state index >= 15 is 0 Å². The van der Waals surface area contributed by atoms with E-state index in [1.807, 2.05) is 19.9 Å². The van der Waals surface area contributed by atoms with Crippen LogP contribution in [0.2, 0.25) is 0 Å². The molecular weight excluding hydrogens is 308 g/mol. The third-order valence-corrected chi connectivity index (χ3v) is 3.67. The average Bonchev–Trinajstić information content (AvgIpc) is 2.58. The van der Waals surface area contributed by atoms with Crippen molar-refractivity contribution in [2.45, 2.75) is 53.0 Å². The maximum Gasteiger partial charge on any atom is 0.119 e.